The number of carbonyl (C=O) groups is 1. The summed E-state index contributed by atoms with van der Waals surface area (Å²) in [5.74, 6) is 1.41. The lowest BCUT2D eigenvalue weighted by molar-refractivity contribution is -0.116. The van der Waals surface area contributed by atoms with Crippen molar-refractivity contribution in [1.29, 1.82) is 0 Å². The molecule has 1 aliphatic rings. The molecule has 0 aliphatic carbocycles. The Morgan fingerprint density at radius 3 is 2.69 bits per heavy atom. The summed E-state index contributed by atoms with van der Waals surface area (Å²) in [5, 5.41) is 8.58. The zero-order chi connectivity index (χ0) is 23.9. The number of para-hydroxylation sites is 1. The van der Waals surface area contributed by atoms with Crippen LogP contribution in [0, 0.1) is 13.8 Å². The van der Waals surface area contributed by atoms with Crippen molar-refractivity contribution in [1.82, 2.24) is 14.8 Å². The van der Waals surface area contributed by atoms with Crippen molar-refractivity contribution in [2.45, 2.75) is 32.8 Å². The van der Waals surface area contributed by atoms with Gasteiger partial charge in [-0.2, -0.15) is 9.78 Å². The number of aromatic nitrogens is 3. The van der Waals surface area contributed by atoms with Gasteiger partial charge in [-0.3, -0.25) is 4.79 Å². The van der Waals surface area contributed by atoms with Crippen LogP contribution in [0.5, 0.6) is 5.75 Å². The normalized spacial score (nSPS) is 15.1. The van der Waals surface area contributed by atoms with Crippen molar-refractivity contribution in [2.24, 2.45) is 0 Å². The lowest BCUT2D eigenvalue weighted by Gasteiger charge is -2.24. The quantitative estimate of drug-likeness (QED) is 0.327. The summed E-state index contributed by atoms with van der Waals surface area (Å²) in [6.45, 7) is 4.59. The predicted octanol–water partition coefficient (Wildman–Crippen LogP) is 6.15. The highest BCUT2D eigenvalue weighted by Gasteiger charge is 2.33. The Hall–Kier alpha value is -3.97. The zero-order valence-corrected chi connectivity index (χ0v) is 20.3. The Bertz CT molecular complexity index is 1520. The monoisotopic (exact) mass is 480 g/mol. The SMILES string of the molecule is Cc1cccc(COc2ccc([C@@H]3CC(=O)Nc4c3c(C)nn4-c3nc4ccccc4s3)cc2)c1. The first kappa shape index (κ1) is 21.6. The van der Waals surface area contributed by atoms with Gasteiger partial charge in [0.2, 0.25) is 11.0 Å². The van der Waals surface area contributed by atoms with Crippen molar-refractivity contribution in [3.05, 3.63) is 101 Å². The van der Waals surface area contributed by atoms with Crippen LogP contribution in [0.1, 0.15) is 40.3 Å². The molecule has 7 heteroatoms. The number of carbonyl (C=O) groups excluding carboxylic acids is 1. The topological polar surface area (TPSA) is 69.0 Å². The highest BCUT2D eigenvalue weighted by molar-refractivity contribution is 7.20. The first-order valence-electron chi connectivity index (χ1n) is 11.6. The molecule has 1 atom stereocenters. The molecule has 0 saturated heterocycles. The third-order valence-corrected chi connectivity index (χ3v) is 7.35. The first-order valence-corrected chi connectivity index (χ1v) is 12.4. The van der Waals surface area contributed by atoms with E-state index >= 15 is 0 Å². The second-order valence-electron chi connectivity index (χ2n) is 8.88. The number of benzene rings is 3. The number of thiazole rings is 1. The summed E-state index contributed by atoms with van der Waals surface area (Å²) in [6, 6.07) is 24.4. The van der Waals surface area contributed by atoms with Gasteiger partial charge in [0.1, 0.15) is 18.2 Å². The van der Waals surface area contributed by atoms with Crippen molar-refractivity contribution >= 4 is 33.3 Å². The van der Waals surface area contributed by atoms with Gasteiger partial charge in [0.05, 0.1) is 15.9 Å². The van der Waals surface area contributed by atoms with E-state index in [-0.39, 0.29) is 11.8 Å². The number of hydrogen-bond acceptors (Lipinski definition) is 5. The summed E-state index contributed by atoms with van der Waals surface area (Å²) < 4.78 is 8.86. The third kappa shape index (κ3) is 4.08. The van der Waals surface area contributed by atoms with Crippen LogP contribution in [0.2, 0.25) is 0 Å². The number of aryl methyl sites for hydroxylation is 2. The van der Waals surface area contributed by atoms with Gasteiger partial charge in [-0.05, 0) is 49.2 Å². The number of nitrogens with zero attached hydrogens (tertiary/aromatic N) is 3. The van der Waals surface area contributed by atoms with Gasteiger partial charge in [0, 0.05) is 17.9 Å². The lowest BCUT2D eigenvalue weighted by atomic mass is 9.86. The molecule has 3 aromatic carbocycles. The Morgan fingerprint density at radius 2 is 1.89 bits per heavy atom. The second-order valence-corrected chi connectivity index (χ2v) is 9.88. The number of nitrogens with one attached hydrogen (secondary N) is 1. The Balaban J connectivity index is 1.29. The Labute approximate surface area is 207 Å². The number of amides is 1. The number of rotatable bonds is 5. The fraction of sp³-hybridized carbons (Fsp3) is 0.179. The highest BCUT2D eigenvalue weighted by Crippen LogP contribution is 2.41. The molecule has 174 valence electrons. The molecule has 1 aliphatic heterocycles. The van der Waals surface area contributed by atoms with Gasteiger partial charge in [0.15, 0.2) is 0 Å². The number of ether oxygens (including phenoxy) is 1. The van der Waals surface area contributed by atoms with Gasteiger partial charge in [-0.25, -0.2) is 4.98 Å². The largest absolute Gasteiger partial charge is 0.489 e. The Kier molecular flexibility index (Phi) is 5.34. The smallest absolute Gasteiger partial charge is 0.226 e. The maximum Gasteiger partial charge on any atom is 0.226 e. The molecule has 0 radical (unpaired) electrons. The summed E-state index contributed by atoms with van der Waals surface area (Å²) in [6.07, 6.45) is 0.378. The van der Waals surface area contributed by atoms with Gasteiger partial charge < -0.3 is 10.1 Å². The van der Waals surface area contributed by atoms with Gasteiger partial charge in [-0.15, -0.1) is 0 Å². The highest BCUT2D eigenvalue weighted by atomic mass is 32.1. The van der Waals surface area contributed by atoms with Crippen LogP contribution in [0.4, 0.5) is 5.82 Å². The van der Waals surface area contributed by atoms with Crippen molar-refractivity contribution < 1.29 is 9.53 Å². The molecule has 1 N–H and O–H groups in total. The van der Waals surface area contributed by atoms with E-state index in [4.69, 9.17) is 14.8 Å². The zero-order valence-electron chi connectivity index (χ0n) is 19.5. The van der Waals surface area contributed by atoms with Crippen molar-refractivity contribution in [3.8, 4) is 10.9 Å². The molecular weight excluding hydrogens is 456 g/mol. The summed E-state index contributed by atoms with van der Waals surface area (Å²) in [4.78, 5) is 17.5. The van der Waals surface area contributed by atoms with E-state index in [1.54, 1.807) is 16.0 Å². The lowest BCUT2D eigenvalue weighted by Crippen LogP contribution is -2.24. The van der Waals surface area contributed by atoms with E-state index in [0.29, 0.717) is 18.8 Å². The molecular formula is C28H24N4O2S. The van der Waals surface area contributed by atoms with Crippen molar-refractivity contribution in [2.75, 3.05) is 5.32 Å². The predicted molar refractivity (Wildman–Crippen MR) is 139 cm³/mol. The van der Waals surface area contributed by atoms with Gasteiger partial charge in [-0.1, -0.05) is 65.4 Å². The van der Waals surface area contributed by atoms with Gasteiger partial charge >= 0.3 is 0 Å². The molecule has 5 aromatic rings. The van der Waals surface area contributed by atoms with E-state index in [0.717, 1.165) is 43.5 Å². The number of hydrogen-bond donors (Lipinski definition) is 1. The average Bonchev–Trinajstić information content (AvgIpc) is 3.43. The number of fused-ring (bicyclic) bond motifs is 2. The molecule has 0 saturated carbocycles. The van der Waals surface area contributed by atoms with Gasteiger partial charge in [0.25, 0.3) is 0 Å². The molecule has 0 bridgehead atoms. The fourth-order valence-electron chi connectivity index (χ4n) is 4.69. The molecule has 1 amide bonds. The number of anilines is 1. The minimum Gasteiger partial charge on any atom is -0.489 e. The van der Waals surface area contributed by atoms with Crippen LogP contribution < -0.4 is 10.1 Å². The van der Waals surface area contributed by atoms with Crippen LogP contribution in [-0.2, 0) is 11.4 Å². The summed E-state index contributed by atoms with van der Waals surface area (Å²) >= 11 is 1.56. The maximum absolute atomic E-state index is 12.7. The maximum atomic E-state index is 12.7. The molecule has 0 spiro atoms. The molecule has 2 aromatic heterocycles. The standard InChI is InChI=1S/C28H24N4O2S/c1-17-6-5-7-19(14-17)16-34-21-12-10-20(11-13-21)22-15-25(33)30-27-26(22)18(2)31-32(27)28-29-23-8-3-4-9-24(23)35-28/h3-14,22H,15-16H2,1-2H3,(H,30,33)/t22-/m0/s1. The summed E-state index contributed by atoms with van der Waals surface area (Å²) in [5.41, 5.74) is 6.28. The van der Waals surface area contributed by atoms with Crippen LogP contribution >= 0.6 is 11.3 Å². The minimum atomic E-state index is -0.0762. The second kappa shape index (κ2) is 8.67. The van der Waals surface area contributed by atoms with Crippen molar-refractivity contribution in [3.63, 3.8) is 0 Å². The molecule has 0 unspecified atom stereocenters. The third-order valence-electron chi connectivity index (χ3n) is 6.34. The Morgan fingerprint density at radius 1 is 1.06 bits per heavy atom. The molecule has 6 nitrogen and oxygen atoms in total. The first-order chi connectivity index (χ1) is 17.0. The van der Waals surface area contributed by atoms with E-state index in [1.165, 1.54) is 5.56 Å². The molecule has 35 heavy (non-hydrogen) atoms. The summed E-state index contributed by atoms with van der Waals surface area (Å²) in [7, 11) is 0. The van der Waals surface area contributed by atoms with E-state index in [9.17, 15) is 4.79 Å². The molecule has 0 fully saturated rings. The minimum absolute atomic E-state index is 0.0236. The van der Waals surface area contributed by atoms with E-state index < -0.39 is 0 Å². The van der Waals surface area contributed by atoms with Crippen LogP contribution in [0.3, 0.4) is 0 Å². The fourth-order valence-corrected chi connectivity index (χ4v) is 5.61. The molecule has 3 heterocycles. The van der Waals surface area contributed by atoms with Crippen LogP contribution in [0.25, 0.3) is 15.3 Å². The average molecular weight is 481 g/mol. The molecule has 6 rings (SSSR count). The van der Waals surface area contributed by atoms with E-state index in [1.807, 2.05) is 61.5 Å². The van der Waals surface area contributed by atoms with Crippen LogP contribution in [0.15, 0.2) is 72.8 Å². The van der Waals surface area contributed by atoms with E-state index in [2.05, 4.69) is 30.4 Å². The van der Waals surface area contributed by atoms with Crippen LogP contribution in [-0.4, -0.2) is 20.7 Å².